The number of hydrogen-bond acceptors (Lipinski definition) is 6. The second-order valence-electron chi connectivity index (χ2n) is 9.41. The Morgan fingerprint density at radius 1 is 1.06 bits per heavy atom. The van der Waals surface area contributed by atoms with Gasteiger partial charge in [-0.15, -0.1) is 0 Å². The fourth-order valence-corrected chi connectivity index (χ4v) is 4.24. The van der Waals surface area contributed by atoms with Gasteiger partial charge in [0.05, 0.1) is 6.04 Å². The Kier molecular flexibility index (Phi) is 10.7. The highest BCUT2D eigenvalue weighted by Gasteiger charge is 2.34. The minimum atomic E-state index is -1.27. The van der Waals surface area contributed by atoms with Crippen LogP contribution < -0.4 is 22.1 Å². The van der Waals surface area contributed by atoms with E-state index in [4.69, 9.17) is 16.9 Å². The van der Waals surface area contributed by atoms with Gasteiger partial charge >= 0.3 is 0 Å². The molecule has 2 rings (SSSR count). The number of guanidine groups is 1. The van der Waals surface area contributed by atoms with E-state index in [1.54, 1.807) is 26.0 Å². The van der Waals surface area contributed by atoms with Crippen LogP contribution in [-0.2, 0) is 22.4 Å². The van der Waals surface area contributed by atoms with Crippen LogP contribution in [0.2, 0.25) is 0 Å². The molecule has 0 aliphatic heterocycles. The van der Waals surface area contributed by atoms with Crippen molar-refractivity contribution in [1.29, 1.82) is 5.41 Å². The van der Waals surface area contributed by atoms with Crippen molar-refractivity contribution >= 4 is 18.2 Å². The van der Waals surface area contributed by atoms with Crippen LogP contribution >= 0.6 is 0 Å². The number of phenols is 2. The molecular weight excluding hydrogens is 458 g/mol. The van der Waals surface area contributed by atoms with E-state index in [1.165, 1.54) is 12.1 Å². The normalized spacial score (nSPS) is 13.4. The predicted octanol–water partition coefficient (Wildman–Crippen LogP) is 2.23. The van der Waals surface area contributed by atoms with Crippen molar-refractivity contribution in [3.05, 3.63) is 58.7 Å². The quantitative estimate of drug-likeness (QED) is 0.119. The SMILES string of the molecule is Cc1cc(C[C@]([C]=O)(CCCCCCNC(=N)N)NC(=O)[C@@H](N)Cc2ccc(O)cc2)cc(C)c1O. The summed E-state index contributed by atoms with van der Waals surface area (Å²) in [6, 6.07) is 9.20. The van der Waals surface area contributed by atoms with Gasteiger partial charge in [-0.25, -0.2) is 0 Å². The number of nitrogens with two attached hydrogens (primary N) is 2. The zero-order valence-electron chi connectivity index (χ0n) is 21.1. The molecule has 1 amide bonds. The fourth-order valence-electron chi connectivity index (χ4n) is 4.24. The molecule has 0 aromatic heterocycles. The summed E-state index contributed by atoms with van der Waals surface area (Å²) >= 11 is 0. The van der Waals surface area contributed by atoms with Crippen molar-refractivity contribution in [2.75, 3.05) is 6.54 Å². The second-order valence-corrected chi connectivity index (χ2v) is 9.41. The molecule has 0 aliphatic rings. The Balaban J connectivity index is 2.13. The van der Waals surface area contributed by atoms with E-state index < -0.39 is 17.5 Å². The van der Waals surface area contributed by atoms with E-state index in [9.17, 15) is 19.8 Å². The van der Waals surface area contributed by atoms with Crippen LogP contribution in [0.5, 0.6) is 11.5 Å². The number of amides is 1. The van der Waals surface area contributed by atoms with Crippen LogP contribution in [0.1, 0.15) is 54.4 Å². The molecule has 0 aliphatic carbocycles. The summed E-state index contributed by atoms with van der Waals surface area (Å²) in [6.07, 6.45) is 6.17. The third-order valence-electron chi connectivity index (χ3n) is 6.19. The summed E-state index contributed by atoms with van der Waals surface area (Å²) in [6.45, 7) is 4.19. The lowest BCUT2D eigenvalue weighted by atomic mass is 9.85. The van der Waals surface area contributed by atoms with E-state index in [2.05, 4.69) is 16.9 Å². The molecule has 0 unspecified atom stereocenters. The molecule has 9 nitrogen and oxygen atoms in total. The lowest BCUT2D eigenvalue weighted by molar-refractivity contribution is -0.123. The van der Waals surface area contributed by atoms with Gasteiger partial charge in [0, 0.05) is 13.0 Å². The smallest absolute Gasteiger partial charge is 0.238 e. The average Bonchev–Trinajstić information content (AvgIpc) is 2.82. The van der Waals surface area contributed by atoms with Crippen molar-refractivity contribution in [3.63, 3.8) is 0 Å². The third-order valence-corrected chi connectivity index (χ3v) is 6.19. The van der Waals surface area contributed by atoms with Gasteiger partial charge in [0.2, 0.25) is 12.2 Å². The van der Waals surface area contributed by atoms with Crippen LogP contribution in [0.3, 0.4) is 0 Å². The molecule has 9 N–H and O–H groups in total. The van der Waals surface area contributed by atoms with Crippen LogP contribution in [0, 0.1) is 19.3 Å². The summed E-state index contributed by atoms with van der Waals surface area (Å²) in [7, 11) is 0. The van der Waals surface area contributed by atoms with Gasteiger partial charge in [0.1, 0.15) is 17.0 Å². The van der Waals surface area contributed by atoms with Gasteiger partial charge in [0.15, 0.2) is 5.96 Å². The number of unbranched alkanes of at least 4 members (excludes halogenated alkanes) is 3. The van der Waals surface area contributed by atoms with Crippen molar-refractivity contribution < 1.29 is 19.8 Å². The Labute approximate surface area is 212 Å². The number of rotatable bonds is 14. The molecule has 0 spiro atoms. The molecule has 2 aromatic carbocycles. The highest BCUT2D eigenvalue weighted by molar-refractivity contribution is 5.86. The summed E-state index contributed by atoms with van der Waals surface area (Å²) in [5.41, 5.74) is 13.2. The van der Waals surface area contributed by atoms with E-state index in [-0.39, 0.29) is 30.3 Å². The van der Waals surface area contributed by atoms with Gasteiger partial charge in [0.25, 0.3) is 0 Å². The Morgan fingerprint density at radius 2 is 1.67 bits per heavy atom. The first-order valence-corrected chi connectivity index (χ1v) is 12.2. The van der Waals surface area contributed by atoms with Crippen LogP contribution in [0.4, 0.5) is 0 Å². The maximum absolute atomic E-state index is 13.1. The minimum absolute atomic E-state index is 0.0598. The van der Waals surface area contributed by atoms with Crippen LogP contribution in [0.15, 0.2) is 36.4 Å². The van der Waals surface area contributed by atoms with Gasteiger partial charge in [-0.2, -0.15) is 0 Å². The molecule has 0 heterocycles. The van der Waals surface area contributed by atoms with Crippen LogP contribution in [-0.4, -0.2) is 46.5 Å². The first-order chi connectivity index (χ1) is 17.0. The summed E-state index contributed by atoms with van der Waals surface area (Å²) < 4.78 is 0. The lowest BCUT2D eigenvalue weighted by Gasteiger charge is -2.30. The van der Waals surface area contributed by atoms with Crippen LogP contribution in [0.25, 0.3) is 0 Å². The predicted molar refractivity (Wildman–Crippen MR) is 141 cm³/mol. The second kappa shape index (κ2) is 13.5. The number of carbonyl (C=O) groups is 1. The van der Waals surface area contributed by atoms with Crippen molar-refractivity contribution in [1.82, 2.24) is 10.6 Å². The minimum Gasteiger partial charge on any atom is -0.508 e. The lowest BCUT2D eigenvalue weighted by Crippen LogP contribution is -2.56. The molecule has 1 radical (unpaired) electrons. The summed E-state index contributed by atoms with van der Waals surface area (Å²) in [5, 5.41) is 32.4. The summed E-state index contributed by atoms with van der Waals surface area (Å²) in [5.74, 6) is -0.179. The highest BCUT2D eigenvalue weighted by Crippen LogP contribution is 2.27. The number of nitrogens with one attached hydrogen (secondary N) is 3. The number of aryl methyl sites for hydroxylation is 2. The molecular formula is C27H38N5O4. The number of hydrogen-bond donors (Lipinski definition) is 7. The van der Waals surface area contributed by atoms with E-state index >= 15 is 0 Å². The number of phenolic OH excluding ortho intramolecular Hbond substituents is 2. The number of benzene rings is 2. The maximum Gasteiger partial charge on any atom is 0.238 e. The fraction of sp³-hybridized carbons (Fsp3) is 0.444. The van der Waals surface area contributed by atoms with E-state index in [0.717, 1.165) is 30.4 Å². The number of aromatic hydroxyl groups is 2. The van der Waals surface area contributed by atoms with Gasteiger partial charge in [-0.1, -0.05) is 43.5 Å². The Hall–Kier alpha value is -3.59. The Morgan fingerprint density at radius 3 is 2.25 bits per heavy atom. The molecule has 2 aromatic rings. The van der Waals surface area contributed by atoms with Crippen molar-refractivity contribution in [3.8, 4) is 11.5 Å². The maximum atomic E-state index is 13.1. The molecule has 2 atom stereocenters. The first-order valence-electron chi connectivity index (χ1n) is 12.2. The highest BCUT2D eigenvalue weighted by atomic mass is 16.3. The molecule has 195 valence electrons. The largest absolute Gasteiger partial charge is 0.508 e. The summed E-state index contributed by atoms with van der Waals surface area (Å²) in [4.78, 5) is 25.4. The zero-order valence-corrected chi connectivity index (χ0v) is 21.1. The molecule has 0 saturated heterocycles. The average molecular weight is 497 g/mol. The first kappa shape index (κ1) is 28.6. The van der Waals surface area contributed by atoms with Gasteiger partial charge in [-0.05, 0) is 67.5 Å². The van der Waals surface area contributed by atoms with Crippen molar-refractivity contribution in [2.24, 2.45) is 11.5 Å². The zero-order chi connectivity index (χ0) is 26.7. The van der Waals surface area contributed by atoms with Gasteiger partial charge in [-0.3, -0.25) is 15.0 Å². The Bertz CT molecular complexity index is 1020. The third kappa shape index (κ3) is 8.88. The standard InChI is InChI=1S/C27H38N5O4/c1-18-13-21(14-19(2)24(18)35)16-27(17-33,11-5-3-4-6-12-31-26(29)30)32-25(36)23(28)15-20-7-9-22(34)10-8-20/h7-10,13-14,23,34-35H,3-6,11-12,15-16,28H2,1-2H3,(H,32,36)(H4,29,30,31)/t23-,27-/m0/s1. The monoisotopic (exact) mass is 496 g/mol. The molecule has 0 saturated carbocycles. The molecule has 0 fully saturated rings. The molecule has 0 bridgehead atoms. The van der Waals surface area contributed by atoms with E-state index in [0.29, 0.717) is 30.5 Å². The molecule has 9 heteroatoms. The topological polar surface area (TPSA) is 175 Å². The van der Waals surface area contributed by atoms with Gasteiger partial charge < -0.3 is 32.3 Å². The van der Waals surface area contributed by atoms with E-state index in [1.807, 2.05) is 12.1 Å². The molecule has 36 heavy (non-hydrogen) atoms. The van der Waals surface area contributed by atoms with Crippen molar-refractivity contribution in [2.45, 2.75) is 70.4 Å². The number of carbonyl (C=O) groups excluding carboxylic acids is 2.